The molecule has 0 saturated heterocycles. The van der Waals surface area contributed by atoms with Crippen molar-refractivity contribution in [2.24, 2.45) is 7.05 Å². The highest BCUT2D eigenvalue weighted by Gasteiger charge is 2.04. The fourth-order valence-electron chi connectivity index (χ4n) is 2.02. The molecular formula is C13H15N5O. The molecule has 0 spiro atoms. The van der Waals surface area contributed by atoms with Crippen LogP contribution in [0.25, 0.3) is 11.0 Å². The molecule has 0 fully saturated rings. The van der Waals surface area contributed by atoms with Crippen molar-refractivity contribution < 1.29 is 4.42 Å². The lowest BCUT2D eigenvalue weighted by atomic mass is 10.2. The minimum atomic E-state index is 0.695. The number of aryl methyl sites for hydroxylation is 2. The van der Waals surface area contributed by atoms with Crippen LogP contribution in [0.4, 0.5) is 0 Å². The average molecular weight is 257 g/mol. The van der Waals surface area contributed by atoms with Crippen molar-refractivity contribution in [3.05, 3.63) is 41.6 Å². The van der Waals surface area contributed by atoms with Crippen molar-refractivity contribution in [3.8, 4) is 0 Å². The third-order valence-corrected chi connectivity index (χ3v) is 3.14. The Kier molecular flexibility index (Phi) is 3.00. The first-order chi connectivity index (χ1) is 9.24. The van der Waals surface area contributed by atoms with E-state index in [-0.39, 0.29) is 0 Å². The normalized spacial score (nSPS) is 11.3. The van der Waals surface area contributed by atoms with Gasteiger partial charge in [-0.05, 0) is 24.6 Å². The lowest BCUT2D eigenvalue weighted by Gasteiger charge is -2.03. The zero-order valence-corrected chi connectivity index (χ0v) is 10.9. The number of hydrogen-bond acceptors (Lipinski definition) is 5. The van der Waals surface area contributed by atoms with E-state index < -0.39 is 0 Å². The van der Waals surface area contributed by atoms with Crippen molar-refractivity contribution in [3.63, 3.8) is 0 Å². The molecule has 1 aromatic carbocycles. The second-order valence-electron chi connectivity index (χ2n) is 4.49. The van der Waals surface area contributed by atoms with Gasteiger partial charge in [0.2, 0.25) is 0 Å². The van der Waals surface area contributed by atoms with Gasteiger partial charge >= 0.3 is 0 Å². The molecule has 3 rings (SSSR count). The van der Waals surface area contributed by atoms with Crippen molar-refractivity contribution in [1.82, 2.24) is 25.3 Å². The number of nitrogens with zero attached hydrogens (tertiary/aromatic N) is 4. The maximum absolute atomic E-state index is 5.16. The molecule has 0 bridgehead atoms. The summed E-state index contributed by atoms with van der Waals surface area (Å²) in [5.74, 6) is 0.858. The van der Waals surface area contributed by atoms with Crippen LogP contribution in [0.1, 0.15) is 17.0 Å². The number of hydrogen-bond donors (Lipinski definition) is 1. The predicted molar refractivity (Wildman–Crippen MR) is 70.3 cm³/mol. The van der Waals surface area contributed by atoms with Crippen molar-refractivity contribution >= 4 is 11.0 Å². The van der Waals surface area contributed by atoms with E-state index in [1.165, 1.54) is 12.0 Å². The maximum atomic E-state index is 5.16. The SMILES string of the molecule is Cc1ocnc1CNCc1ccc2c(c1)nnn2C. The highest BCUT2D eigenvalue weighted by atomic mass is 16.3. The van der Waals surface area contributed by atoms with Gasteiger partial charge in [-0.25, -0.2) is 9.67 Å². The molecule has 98 valence electrons. The lowest BCUT2D eigenvalue weighted by molar-refractivity contribution is 0.522. The second kappa shape index (κ2) is 4.81. The Balaban J connectivity index is 1.67. The van der Waals surface area contributed by atoms with Crippen LogP contribution >= 0.6 is 0 Å². The monoisotopic (exact) mass is 257 g/mol. The quantitative estimate of drug-likeness (QED) is 0.768. The summed E-state index contributed by atoms with van der Waals surface area (Å²) in [6.45, 7) is 3.37. The van der Waals surface area contributed by atoms with E-state index in [4.69, 9.17) is 4.42 Å². The standard InChI is InChI=1S/C13H15N5O/c1-9-12(15-8-19-9)7-14-6-10-3-4-13-11(5-10)16-17-18(13)2/h3-5,8,14H,6-7H2,1-2H3. The molecule has 19 heavy (non-hydrogen) atoms. The smallest absolute Gasteiger partial charge is 0.181 e. The molecule has 0 unspecified atom stereocenters. The Bertz CT molecular complexity index is 700. The Morgan fingerprint density at radius 1 is 1.32 bits per heavy atom. The predicted octanol–water partition coefficient (Wildman–Crippen LogP) is 1.55. The molecule has 0 aliphatic rings. The second-order valence-corrected chi connectivity index (χ2v) is 4.49. The largest absolute Gasteiger partial charge is 0.448 e. The first-order valence-electron chi connectivity index (χ1n) is 6.12. The van der Waals surface area contributed by atoms with Gasteiger partial charge in [-0.3, -0.25) is 0 Å². The third-order valence-electron chi connectivity index (χ3n) is 3.14. The Hall–Kier alpha value is -2.21. The van der Waals surface area contributed by atoms with Gasteiger partial charge in [0.15, 0.2) is 6.39 Å². The van der Waals surface area contributed by atoms with E-state index in [1.54, 1.807) is 4.68 Å². The van der Waals surface area contributed by atoms with Gasteiger partial charge in [0.1, 0.15) is 11.3 Å². The summed E-state index contributed by atoms with van der Waals surface area (Å²) in [4.78, 5) is 4.15. The van der Waals surface area contributed by atoms with Crippen LogP contribution in [0.2, 0.25) is 0 Å². The molecule has 0 aliphatic carbocycles. The van der Waals surface area contributed by atoms with Gasteiger partial charge < -0.3 is 9.73 Å². The zero-order chi connectivity index (χ0) is 13.2. The molecule has 0 saturated carbocycles. The molecule has 3 aromatic rings. The van der Waals surface area contributed by atoms with Crippen LogP contribution in [-0.2, 0) is 20.1 Å². The summed E-state index contributed by atoms with van der Waals surface area (Å²) in [6.07, 6.45) is 1.47. The summed E-state index contributed by atoms with van der Waals surface area (Å²) in [7, 11) is 1.89. The lowest BCUT2D eigenvalue weighted by Crippen LogP contribution is -2.13. The summed E-state index contributed by atoms with van der Waals surface area (Å²) < 4.78 is 6.92. The van der Waals surface area contributed by atoms with Gasteiger partial charge in [0, 0.05) is 20.1 Å². The van der Waals surface area contributed by atoms with Gasteiger partial charge in [-0.15, -0.1) is 5.10 Å². The van der Waals surface area contributed by atoms with Crippen LogP contribution in [0, 0.1) is 6.92 Å². The molecule has 0 atom stereocenters. The molecule has 2 aromatic heterocycles. The number of nitrogens with one attached hydrogen (secondary N) is 1. The first-order valence-corrected chi connectivity index (χ1v) is 6.12. The van der Waals surface area contributed by atoms with Gasteiger partial charge in [-0.1, -0.05) is 11.3 Å². The van der Waals surface area contributed by atoms with Crippen LogP contribution in [-0.4, -0.2) is 20.0 Å². The Morgan fingerprint density at radius 2 is 2.21 bits per heavy atom. The van der Waals surface area contributed by atoms with E-state index in [0.29, 0.717) is 6.54 Å². The molecular weight excluding hydrogens is 242 g/mol. The number of fused-ring (bicyclic) bond motifs is 1. The molecule has 0 aliphatic heterocycles. The zero-order valence-electron chi connectivity index (χ0n) is 10.9. The molecule has 6 heteroatoms. The fraction of sp³-hybridized carbons (Fsp3) is 0.308. The minimum Gasteiger partial charge on any atom is -0.448 e. The van der Waals surface area contributed by atoms with E-state index in [0.717, 1.165) is 29.0 Å². The van der Waals surface area contributed by atoms with E-state index in [1.807, 2.05) is 26.1 Å². The summed E-state index contributed by atoms with van der Waals surface area (Å²) in [5, 5.41) is 11.4. The van der Waals surface area contributed by atoms with Crippen LogP contribution in [0.5, 0.6) is 0 Å². The molecule has 1 N–H and O–H groups in total. The van der Waals surface area contributed by atoms with Gasteiger partial charge in [0.05, 0.1) is 11.2 Å². The van der Waals surface area contributed by atoms with Crippen LogP contribution < -0.4 is 5.32 Å². The van der Waals surface area contributed by atoms with Crippen molar-refractivity contribution in [2.75, 3.05) is 0 Å². The van der Waals surface area contributed by atoms with E-state index in [9.17, 15) is 0 Å². The highest BCUT2D eigenvalue weighted by Crippen LogP contribution is 2.12. The average Bonchev–Trinajstić information content (AvgIpc) is 2.97. The first kappa shape index (κ1) is 11.9. The fourth-order valence-corrected chi connectivity index (χ4v) is 2.02. The van der Waals surface area contributed by atoms with Gasteiger partial charge in [-0.2, -0.15) is 0 Å². The molecule has 6 nitrogen and oxygen atoms in total. The number of oxazole rings is 1. The topological polar surface area (TPSA) is 68.8 Å². The number of aromatic nitrogens is 4. The maximum Gasteiger partial charge on any atom is 0.181 e. The minimum absolute atomic E-state index is 0.695. The van der Waals surface area contributed by atoms with Gasteiger partial charge in [0.25, 0.3) is 0 Å². The number of benzene rings is 1. The Labute approximate surface area is 110 Å². The van der Waals surface area contributed by atoms with Crippen molar-refractivity contribution in [1.29, 1.82) is 0 Å². The molecule has 0 radical (unpaired) electrons. The summed E-state index contributed by atoms with van der Waals surface area (Å²) in [6, 6.07) is 6.16. The number of rotatable bonds is 4. The molecule has 0 amide bonds. The van der Waals surface area contributed by atoms with E-state index >= 15 is 0 Å². The highest BCUT2D eigenvalue weighted by molar-refractivity contribution is 5.74. The Morgan fingerprint density at radius 3 is 3.00 bits per heavy atom. The summed E-state index contributed by atoms with van der Waals surface area (Å²) >= 11 is 0. The van der Waals surface area contributed by atoms with Crippen molar-refractivity contribution in [2.45, 2.75) is 20.0 Å². The van der Waals surface area contributed by atoms with Crippen LogP contribution in [0.15, 0.2) is 29.0 Å². The summed E-state index contributed by atoms with van der Waals surface area (Å²) in [5.41, 5.74) is 4.07. The third kappa shape index (κ3) is 2.34. The van der Waals surface area contributed by atoms with E-state index in [2.05, 4.69) is 26.7 Å². The van der Waals surface area contributed by atoms with Crippen LogP contribution in [0.3, 0.4) is 0 Å². The molecule has 2 heterocycles.